The van der Waals surface area contributed by atoms with Crippen molar-refractivity contribution in [1.82, 2.24) is 14.8 Å². The van der Waals surface area contributed by atoms with E-state index in [2.05, 4.69) is 10.1 Å². The molecule has 1 aromatic carbocycles. The molecule has 0 saturated heterocycles. The summed E-state index contributed by atoms with van der Waals surface area (Å²) in [6, 6.07) is 8.01. The highest BCUT2D eigenvalue weighted by Gasteiger charge is 2.34. The molecule has 0 atom stereocenters. The second-order valence-electron chi connectivity index (χ2n) is 5.80. The first-order valence-electron chi connectivity index (χ1n) is 7.20. The molecule has 5 nitrogen and oxygen atoms in total. The fourth-order valence-electron chi connectivity index (χ4n) is 2.73. The van der Waals surface area contributed by atoms with Gasteiger partial charge in [0.2, 0.25) is 0 Å². The van der Waals surface area contributed by atoms with E-state index < -0.39 is 5.41 Å². The van der Waals surface area contributed by atoms with Crippen LogP contribution < -0.4 is 0 Å². The summed E-state index contributed by atoms with van der Waals surface area (Å²) >= 11 is 0. The summed E-state index contributed by atoms with van der Waals surface area (Å²) in [7, 11) is 0. The van der Waals surface area contributed by atoms with Gasteiger partial charge >= 0.3 is 0 Å². The van der Waals surface area contributed by atoms with Crippen LogP contribution in [0.5, 0.6) is 0 Å². The third kappa shape index (κ3) is 2.99. The van der Waals surface area contributed by atoms with Gasteiger partial charge in [0.25, 0.3) is 0 Å². The lowest BCUT2D eigenvalue weighted by molar-refractivity contribution is 0.113. The average Bonchev–Trinajstić information content (AvgIpc) is 2.94. The number of aromatic nitrogens is 3. The van der Waals surface area contributed by atoms with Crippen LogP contribution in [0.4, 0.5) is 0 Å². The third-order valence-electron chi connectivity index (χ3n) is 3.95. The Morgan fingerprint density at radius 1 is 1.19 bits per heavy atom. The number of aryl methyl sites for hydroxylation is 1. The molecule has 2 rings (SSSR count). The predicted molar refractivity (Wildman–Crippen MR) is 81.1 cm³/mol. The maximum Gasteiger partial charge on any atom is 0.138 e. The van der Waals surface area contributed by atoms with Crippen molar-refractivity contribution in [2.24, 2.45) is 0 Å². The summed E-state index contributed by atoms with van der Waals surface area (Å²) in [5.74, 6) is 0.774. The molecule has 2 aromatic rings. The predicted octanol–water partition coefficient (Wildman–Crippen LogP) is 1.63. The van der Waals surface area contributed by atoms with Crippen LogP contribution in [0.2, 0.25) is 0 Å². The van der Waals surface area contributed by atoms with Crippen LogP contribution >= 0.6 is 0 Å². The van der Waals surface area contributed by atoms with Gasteiger partial charge in [0.15, 0.2) is 0 Å². The molecule has 0 unspecified atom stereocenters. The lowest BCUT2D eigenvalue weighted by atomic mass is 9.76. The molecule has 0 aliphatic rings. The fourth-order valence-corrected chi connectivity index (χ4v) is 2.73. The van der Waals surface area contributed by atoms with E-state index >= 15 is 0 Å². The van der Waals surface area contributed by atoms with Gasteiger partial charge in [0.05, 0.1) is 13.2 Å². The maximum absolute atomic E-state index is 9.97. The van der Waals surface area contributed by atoms with Crippen LogP contribution in [0.15, 0.2) is 30.6 Å². The highest BCUT2D eigenvalue weighted by atomic mass is 16.3. The molecule has 0 amide bonds. The summed E-state index contributed by atoms with van der Waals surface area (Å²) in [6.07, 6.45) is 1.97. The van der Waals surface area contributed by atoms with Gasteiger partial charge in [-0.3, -0.25) is 0 Å². The zero-order chi connectivity index (χ0) is 15.5. The van der Waals surface area contributed by atoms with Crippen molar-refractivity contribution in [2.75, 3.05) is 13.2 Å². The number of hydrogen-bond acceptors (Lipinski definition) is 4. The Kier molecular flexibility index (Phi) is 4.75. The zero-order valence-corrected chi connectivity index (χ0v) is 12.8. The summed E-state index contributed by atoms with van der Waals surface area (Å²) < 4.78 is 1.83. The first kappa shape index (κ1) is 15.7. The van der Waals surface area contributed by atoms with Crippen molar-refractivity contribution in [1.29, 1.82) is 0 Å². The molecule has 21 heavy (non-hydrogen) atoms. The molecule has 0 aliphatic carbocycles. The zero-order valence-electron chi connectivity index (χ0n) is 12.8. The smallest absolute Gasteiger partial charge is 0.138 e. The van der Waals surface area contributed by atoms with E-state index in [1.807, 2.05) is 49.7 Å². The van der Waals surface area contributed by atoms with Gasteiger partial charge in [-0.15, -0.1) is 0 Å². The van der Waals surface area contributed by atoms with Gasteiger partial charge in [-0.2, -0.15) is 5.10 Å². The largest absolute Gasteiger partial charge is 0.395 e. The standard InChI is InChI=1S/C16H23N3O2/c1-12(2)19-15(17-11-18-19)8-16(9-20,10-21)14-7-5-4-6-13(14)3/h4-7,11-12,20-21H,8-10H2,1-3H3. The highest BCUT2D eigenvalue weighted by molar-refractivity contribution is 5.34. The van der Waals surface area contributed by atoms with Crippen LogP contribution in [0.3, 0.4) is 0 Å². The van der Waals surface area contributed by atoms with Crippen molar-refractivity contribution in [3.63, 3.8) is 0 Å². The van der Waals surface area contributed by atoms with E-state index in [9.17, 15) is 10.2 Å². The van der Waals surface area contributed by atoms with E-state index in [0.717, 1.165) is 17.0 Å². The molecule has 1 aromatic heterocycles. The number of benzene rings is 1. The Balaban J connectivity index is 2.44. The minimum Gasteiger partial charge on any atom is -0.395 e. The van der Waals surface area contributed by atoms with Gasteiger partial charge in [0, 0.05) is 17.9 Å². The molecular formula is C16H23N3O2. The fraction of sp³-hybridized carbons (Fsp3) is 0.500. The molecule has 0 spiro atoms. The monoisotopic (exact) mass is 289 g/mol. The Bertz CT molecular complexity index is 589. The summed E-state index contributed by atoms with van der Waals surface area (Å²) in [4.78, 5) is 4.30. The van der Waals surface area contributed by atoms with Crippen molar-refractivity contribution in [3.8, 4) is 0 Å². The van der Waals surface area contributed by atoms with Crippen molar-refractivity contribution >= 4 is 0 Å². The van der Waals surface area contributed by atoms with E-state index in [-0.39, 0.29) is 19.3 Å². The number of aliphatic hydroxyl groups is 2. The van der Waals surface area contributed by atoms with Gasteiger partial charge in [-0.1, -0.05) is 24.3 Å². The number of rotatable bonds is 6. The summed E-state index contributed by atoms with van der Waals surface area (Å²) in [6.45, 7) is 5.78. The van der Waals surface area contributed by atoms with E-state index in [4.69, 9.17) is 0 Å². The quantitative estimate of drug-likeness (QED) is 0.848. The first-order chi connectivity index (χ1) is 10.0. The van der Waals surface area contributed by atoms with Crippen molar-refractivity contribution < 1.29 is 10.2 Å². The van der Waals surface area contributed by atoms with Crippen LogP contribution in [0, 0.1) is 6.92 Å². The van der Waals surface area contributed by atoms with Crippen LogP contribution in [-0.4, -0.2) is 38.2 Å². The van der Waals surface area contributed by atoms with Gasteiger partial charge in [-0.05, 0) is 31.9 Å². The number of hydrogen-bond donors (Lipinski definition) is 2. The second kappa shape index (κ2) is 6.37. The second-order valence-corrected chi connectivity index (χ2v) is 5.80. The van der Waals surface area contributed by atoms with E-state index in [0.29, 0.717) is 6.42 Å². The Morgan fingerprint density at radius 2 is 1.86 bits per heavy atom. The van der Waals surface area contributed by atoms with E-state index in [1.54, 1.807) is 0 Å². The Hall–Kier alpha value is -1.72. The van der Waals surface area contributed by atoms with Crippen LogP contribution in [0.25, 0.3) is 0 Å². The van der Waals surface area contributed by atoms with Gasteiger partial charge < -0.3 is 10.2 Å². The van der Waals surface area contributed by atoms with Crippen LogP contribution in [0.1, 0.15) is 36.8 Å². The minimum atomic E-state index is -0.745. The Labute approximate surface area is 125 Å². The first-order valence-corrected chi connectivity index (χ1v) is 7.20. The average molecular weight is 289 g/mol. The molecule has 0 saturated carbocycles. The summed E-state index contributed by atoms with van der Waals surface area (Å²) in [5.41, 5.74) is 1.26. The van der Waals surface area contributed by atoms with E-state index in [1.165, 1.54) is 6.33 Å². The molecule has 0 aliphatic heterocycles. The SMILES string of the molecule is Cc1ccccc1C(CO)(CO)Cc1ncnn1C(C)C. The molecule has 0 bridgehead atoms. The molecule has 0 radical (unpaired) electrons. The molecule has 0 fully saturated rings. The molecule has 2 N–H and O–H groups in total. The topological polar surface area (TPSA) is 71.2 Å². The Morgan fingerprint density at radius 3 is 2.43 bits per heavy atom. The number of nitrogens with zero attached hydrogens (tertiary/aromatic N) is 3. The summed E-state index contributed by atoms with van der Waals surface area (Å²) in [5, 5.41) is 24.2. The minimum absolute atomic E-state index is 0.140. The van der Waals surface area contributed by atoms with Gasteiger partial charge in [0.1, 0.15) is 12.2 Å². The van der Waals surface area contributed by atoms with Gasteiger partial charge in [-0.25, -0.2) is 9.67 Å². The van der Waals surface area contributed by atoms with Crippen molar-refractivity contribution in [3.05, 3.63) is 47.5 Å². The molecular weight excluding hydrogens is 266 g/mol. The van der Waals surface area contributed by atoms with Crippen LogP contribution in [-0.2, 0) is 11.8 Å². The normalized spacial score (nSPS) is 12.1. The lowest BCUT2D eigenvalue weighted by Crippen LogP contribution is -2.39. The molecule has 114 valence electrons. The lowest BCUT2D eigenvalue weighted by Gasteiger charge is -2.31. The third-order valence-corrected chi connectivity index (χ3v) is 3.95. The molecule has 1 heterocycles. The number of aliphatic hydroxyl groups excluding tert-OH is 2. The maximum atomic E-state index is 9.97. The molecule has 5 heteroatoms. The van der Waals surface area contributed by atoms with Crippen molar-refractivity contribution in [2.45, 2.75) is 38.6 Å². The highest BCUT2D eigenvalue weighted by Crippen LogP contribution is 2.30.